The number of carbonyl (C=O) groups excluding carboxylic acids is 2. The molecule has 4 aromatic carbocycles. The van der Waals surface area contributed by atoms with Crippen LogP contribution >= 0.6 is 23.2 Å². The molecule has 0 fully saturated rings. The summed E-state index contributed by atoms with van der Waals surface area (Å²) in [5.41, 5.74) is 7.88. The first kappa shape index (κ1) is 36.5. The largest absolute Gasteiger partial charge is 0.457 e. The lowest BCUT2D eigenvalue weighted by molar-refractivity contribution is 0.262. The van der Waals surface area contributed by atoms with E-state index in [0.717, 1.165) is 17.2 Å². The number of isocyanates is 1. The van der Waals surface area contributed by atoms with Crippen LogP contribution in [-0.2, 0) is 4.79 Å². The molecule has 0 unspecified atom stereocenters. The number of halogens is 2. The van der Waals surface area contributed by atoms with Gasteiger partial charge in [-0.15, -0.1) is 0 Å². The fourth-order valence-electron chi connectivity index (χ4n) is 3.90. The van der Waals surface area contributed by atoms with E-state index in [2.05, 4.69) is 35.6 Å². The summed E-state index contributed by atoms with van der Waals surface area (Å²) in [6.07, 6.45) is 1.49. The first-order valence-electron chi connectivity index (χ1n) is 14.7. The molecule has 0 aliphatic carbocycles. The number of aromatic nitrogens is 4. The smallest absolute Gasteiger partial charge is 0.326 e. The number of aliphatic imine (C=N–C) groups is 1. The van der Waals surface area contributed by atoms with Gasteiger partial charge in [-0.25, -0.2) is 29.5 Å². The number of carbonyl (C=O) groups is 1. The zero-order chi connectivity index (χ0) is 35.7. The maximum atomic E-state index is 12.0. The van der Waals surface area contributed by atoms with Gasteiger partial charge in [0.25, 0.3) is 0 Å². The van der Waals surface area contributed by atoms with Gasteiger partial charge >= 0.3 is 6.03 Å². The molecule has 2 amide bonds. The summed E-state index contributed by atoms with van der Waals surface area (Å²) in [6, 6.07) is 35.6. The van der Waals surface area contributed by atoms with Crippen LogP contribution in [0, 0.1) is 13.8 Å². The molecule has 0 spiro atoms. The van der Waals surface area contributed by atoms with E-state index < -0.39 is 6.03 Å². The highest BCUT2D eigenvalue weighted by Gasteiger charge is 2.07. The summed E-state index contributed by atoms with van der Waals surface area (Å²) in [5, 5.41) is 5.89. The monoisotopic (exact) mass is 708 g/mol. The molecule has 0 saturated carbocycles. The van der Waals surface area contributed by atoms with Gasteiger partial charge in [0.05, 0.1) is 5.69 Å². The number of urea groups is 1. The Hall–Kier alpha value is -6.33. The fraction of sp³-hybridized carbons (Fsp3) is 0.0556. The Morgan fingerprint density at radius 1 is 0.660 bits per heavy atom. The minimum atomic E-state index is -0.460. The van der Waals surface area contributed by atoms with Crippen LogP contribution in [0.25, 0.3) is 0 Å². The zero-order valence-corrected chi connectivity index (χ0v) is 28.3. The van der Waals surface area contributed by atoms with Crippen LogP contribution in [0.5, 0.6) is 23.0 Å². The van der Waals surface area contributed by atoms with Crippen molar-refractivity contribution in [1.29, 1.82) is 0 Å². The summed E-state index contributed by atoms with van der Waals surface area (Å²) in [6.45, 7) is 3.58. The van der Waals surface area contributed by atoms with E-state index in [4.69, 9.17) is 38.4 Å². The number of hydrogen-bond donors (Lipinski definition) is 3. The fourth-order valence-corrected chi connectivity index (χ4v) is 4.38. The quantitative estimate of drug-likeness (QED) is 0.0831. The molecular weight excluding hydrogens is 679 g/mol. The number of ether oxygens (including phenoxy) is 2. The van der Waals surface area contributed by atoms with Crippen molar-refractivity contribution in [3.05, 3.63) is 143 Å². The van der Waals surface area contributed by atoms with E-state index in [1.165, 1.54) is 6.08 Å². The molecule has 6 aromatic rings. The Morgan fingerprint density at radius 2 is 1.14 bits per heavy atom. The average molecular weight is 710 g/mol. The first-order valence-corrected chi connectivity index (χ1v) is 15.5. The number of para-hydroxylation sites is 2. The molecule has 50 heavy (non-hydrogen) atoms. The minimum absolute atomic E-state index is 0.145. The predicted octanol–water partition coefficient (Wildman–Crippen LogP) is 9.34. The average Bonchev–Trinajstić information content (AvgIpc) is 3.07. The van der Waals surface area contributed by atoms with Gasteiger partial charge in [-0.2, -0.15) is 4.99 Å². The standard InChI is InChI=1S/C18H15ClN4O2.C13H9NO2.C5H6ClN3/c1-12-11-16(19)22-17(20-12)23-18(24)21-13-7-9-15(10-8-13)25-14-5-3-2-4-6-14;15-10-14-11-6-8-13(9-7-11)16-12-4-2-1-3-5-12;1-3-2-4(6)9-5(7)8-3/h2-11H,1H3,(H2,20,21,22,23,24);1-9H;2H,1H3,(H2,7,8,9). The lowest BCUT2D eigenvalue weighted by Crippen LogP contribution is -2.21. The summed E-state index contributed by atoms with van der Waals surface area (Å²) in [5.74, 6) is 3.26. The molecule has 2 heterocycles. The van der Waals surface area contributed by atoms with E-state index in [9.17, 15) is 9.59 Å². The number of nitrogens with zero attached hydrogens (tertiary/aromatic N) is 5. The lowest BCUT2D eigenvalue weighted by atomic mass is 10.3. The molecule has 4 N–H and O–H groups in total. The van der Waals surface area contributed by atoms with Crippen LogP contribution in [0.15, 0.2) is 126 Å². The molecule has 0 aliphatic rings. The van der Waals surface area contributed by atoms with Crippen LogP contribution in [0.1, 0.15) is 11.4 Å². The number of rotatable bonds is 7. The number of anilines is 3. The Kier molecular flexibility index (Phi) is 13.8. The summed E-state index contributed by atoms with van der Waals surface area (Å²) < 4.78 is 11.3. The number of nitrogens with two attached hydrogens (primary N) is 1. The molecule has 252 valence electrons. The molecule has 0 atom stereocenters. The Bertz CT molecular complexity index is 1960. The Morgan fingerprint density at radius 3 is 1.62 bits per heavy atom. The van der Waals surface area contributed by atoms with E-state index in [-0.39, 0.29) is 17.0 Å². The first-order chi connectivity index (χ1) is 24.1. The van der Waals surface area contributed by atoms with Gasteiger partial charge in [-0.1, -0.05) is 59.6 Å². The van der Waals surface area contributed by atoms with Gasteiger partial charge in [0, 0.05) is 17.1 Å². The number of amides is 2. The normalized spacial score (nSPS) is 9.76. The molecule has 0 radical (unpaired) electrons. The highest BCUT2D eigenvalue weighted by molar-refractivity contribution is 6.29. The summed E-state index contributed by atoms with van der Waals surface area (Å²) in [7, 11) is 0. The third kappa shape index (κ3) is 13.1. The van der Waals surface area contributed by atoms with Crippen LogP contribution in [0.2, 0.25) is 10.3 Å². The van der Waals surface area contributed by atoms with Crippen molar-refractivity contribution in [3.63, 3.8) is 0 Å². The third-order valence-electron chi connectivity index (χ3n) is 5.97. The van der Waals surface area contributed by atoms with E-state index >= 15 is 0 Å². The molecule has 0 saturated heterocycles. The van der Waals surface area contributed by atoms with Crippen molar-refractivity contribution in [3.8, 4) is 23.0 Å². The number of hydrogen-bond acceptors (Lipinski definition) is 10. The second kappa shape index (κ2) is 18.9. The SMILES string of the molecule is Cc1cc(Cl)nc(N)n1.Cc1cc(Cl)nc(NC(=O)Nc2ccc(Oc3ccccc3)cc2)n1.O=C=Nc1ccc(Oc2ccccc2)cc1. The second-order valence-electron chi connectivity index (χ2n) is 9.98. The van der Waals surface area contributed by atoms with Crippen LogP contribution < -0.4 is 25.8 Å². The van der Waals surface area contributed by atoms with Crippen molar-refractivity contribution in [2.75, 3.05) is 16.4 Å². The van der Waals surface area contributed by atoms with Crippen molar-refractivity contribution in [1.82, 2.24) is 19.9 Å². The minimum Gasteiger partial charge on any atom is -0.457 e. The Labute approximate surface area is 298 Å². The molecule has 0 bridgehead atoms. The van der Waals surface area contributed by atoms with Gasteiger partial charge < -0.3 is 20.5 Å². The highest BCUT2D eigenvalue weighted by Crippen LogP contribution is 2.24. The maximum absolute atomic E-state index is 12.0. The Balaban J connectivity index is 0.000000191. The topological polar surface area (TPSA) is 167 Å². The summed E-state index contributed by atoms with van der Waals surface area (Å²) in [4.78, 5) is 41.0. The number of nitrogen functional groups attached to an aromatic ring is 1. The molecular formula is C36H30Cl2N8O4. The van der Waals surface area contributed by atoms with Crippen molar-refractivity contribution in [2.45, 2.75) is 13.8 Å². The van der Waals surface area contributed by atoms with Crippen molar-refractivity contribution < 1.29 is 19.1 Å². The molecule has 0 aliphatic heterocycles. The number of aryl methyl sites for hydroxylation is 2. The van der Waals surface area contributed by atoms with Gasteiger partial charge in [0.1, 0.15) is 33.3 Å². The van der Waals surface area contributed by atoms with Gasteiger partial charge in [0.2, 0.25) is 18.0 Å². The highest BCUT2D eigenvalue weighted by atomic mass is 35.5. The van der Waals surface area contributed by atoms with Crippen molar-refractivity contribution >= 4 is 58.6 Å². The van der Waals surface area contributed by atoms with Gasteiger partial charge in [-0.3, -0.25) is 5.32 Å². The zero-order valence-electron chi connectivity index (χ0n) is 26.7. The molecule has 6 rings (SSSR count). The van der Waals surface area contributed by atoms with Crippen LogP contribution in [0.3, 0.4) is 0 Å². The molecule has 12 nitrogen and oxygen atoms in total. The van der Waals surface area contributed by atoms with Crippen LogP contribution in [-0.4, -0.2) is 32.0 Å². The van der Waals surface area contributed by atoms with Gasteiger partial charge in [0.15, 0.2) is 0 Å². The second-order valence-corrected chi connectivity index (χ2v) is 10.8. The third-order valence-corrected chi connectivity index (χ3v) is 6.36. The predicted molar refractivity (Wildman–Crippen MR) is 194 cm³/mol. The maximum Gasteiger partial charge on any atom is 0.326 e. The van der Waals surface area contributed by atoms with Crippen LogP contribution in [0.4, 0.5) is 28.1 Å². The molecule has 14 heteroatoms. The van der Waals surface area contributed by atoms with Crippen molar-refractivity contribution in [2.24, 2.45) is 4.99 Å². The van der Waals surface area contributed by atoms with E-state index in [0.29, 0.717) is 33.7 Å². The van der Waals surface area contributed by atoms with E-state index in [1.807, 2.05) is 67.6 Å². The molecule has 2 aromatic heterocycles. The van der Waals surface area contributed by atoms with Gasteiger partial charge in [-0.05, 0) is 98.8 Å². The number of benzene rings is 4. The summed E-state index contributed by atoms with van der Waals surface area (Å²) >= 11 is 11.4. The number of nitrogens with one attached hydrogen (secondary N) is 2. The van der Waals surface area contributed by atoms with E-state index in [1.54, 1.807) is 67.6 Å². The lowest BCUT2D eigenvalue weighted by Gasteiger charge is -2.09.